The summed E-state index contributed by atoms with van der Waals surface area (Å²) in [6.45, 7) is 0.380. The molecule has 38 heavy (non-hydrogen) atoms. The zero-order valence-corrected chi connectivity index (χ0v) is 20.7. The van der Waals surface area contributed by atoms with Gasteiger partial charge >= 0.3 is 6.03 Å². The smallest absolute Gasteiger partial charge is 0.339 e. The molecule has 1 saturated heterocycles. The van der Waals surface area contributed by atoms with E-state index in [1.165, 1.54) is 5.06 Å². The summed E-state index contributed by atoms with van der Waals surface area (Å²) >= 11 is 0. The van der Waals surface area contributed by atoms with E-state index in [9.17, 15) is 4.79 Å². The highest BCUT2D eigenvalue weighted by Gasteiger charge is 2.47. The van der Waals surface area contributed by atoms with Crippen molar-refractivity contribution in [2.45, 2.75) is 12.0 Å². The summed E-state index contributed by atoms with van der Waals surface area (Å²) < 4.78 is 3.68. The summed E-state index contributed by atoms with van der Waals surface area (Å²) in [6.07, 6.45) is 7.93. The summed E-state index contributed by atoms with van der Waals surface area (Å²) in [5.74, 6) is 6.52. The molecule has 5 aromatic rings. The monoisotopic (exact) mass is 503 g/mol. The highest BCUT2D eigenvalue weighted by molar-refractivity contribution is 5.74. The maximum atomic E-state index is 12.4. The second-order valence-corrected chi connectivity index (χ2v) is 9.06. The Morgan fingerprint density at radius 2 is 1.89 bits per heavy atom. The van der Waals surface area contributed by atoms with Crippen LogP contribution in [0.5, 0.6) is 0 Å². The average molecular weight is 504 g/mol. The van der Waals surface area contributed by atoms with Crippen molar-refractivity contribution in [3.63, 3.8) is 0 Å². The second kappa shape index (κ2) is 9.42. The van der Waals surface area contributed by atoms with Crippen LogP contribution in [0.15, 0.2) is 91.5 Å². The highest BCUT2D eigenvalue weighted by Crippen LogP contribution is 2.43. The number of nitrogens with two attached hydrogens (primary N) is 1. The van der Waals surface area contributed by atoms with Crippen molar-refractivity contribution >= 4 is 23.1 Å². The van der Waals surface area contributed by atoms with E-state index >= 15 is 0 Å². The molecule has 2 aromatic carbocycles. The van der Waals surface area contributed by atoms with Crippen LogP contribution in [0.3, 0.4) is 0 Å². The van der Waals surface area contributed by atoms with Crippen LogP contribution in [0.2, 0.25) is 0 Å². The lowest BCUT2D eigenvalue weighted by atomic mass is 9.80. The predicted octanol–water partition coefficient (Wildman–Crippen LogP) is 4.17. The van der Waals surface area contributed by atoms with E-state index in [1.54, 1.807) is 17.1 Å². The first-order chi connectivity index (χ1) is 18.5. The number of benzene rings is 2. The number of urea groups is 1. The van der Waals surface area contributed by atoms with Crippen LogP contribution in [-0.2, 0) is 17.4 Å². The Morgan fingerprint density at radius 3 is 2.68 bits per heavy atom. The molecule has 1 aliphatic rings. The van der Waals surface area contributed by atoms with Crippen LogP contribution in [0.25, 0.3) is 5.65 Å². The summed E-state index contributed by atoms with van der Waals surface area (Å²) in [6, 6.07) is 20.9. The number of primary amides is 1. The van der Waals surface area contributed by atoms with Gasteiger partial charge in [-0.3, -0.25) is 13.9 Å². The molecule has 2 amide bonds. The summed E-state index contributed by atoms with van der Waals surface area (Å²) in [5.41, 5.74) is 10.8. The number of aromatic nitrogens is 4. The van der Waals surface area contributed by atoms with Crippen LogP contribution >= 0.6 is 0 Å². The van der Waals surface area contributed by atoms with Crippen molar-refractivity contribution in [1.82, 2.24) is 24.2 Å². The molecule has 9 heteroatoms. The van der Waals surface area contributed by atoms with Gasteiger partial charge in [0.05, 0.1) is 30.4 Å². The number of hydrogen-bond donors (Lipinski definition) is 2. The topological polar surface area (TPSA) is 103 Å². The first kappa shape index (κ1) is 23.3. The molecule has 0 aliphatic carbocycles. The first-order valence-electron chi connectivity index (χ1n) is 12.2. The molecule has 6 rings (SSSR count). The minimum Gasteiger partial charge on any atom is -0.350 e. The predicted molar refractivity (Wildman–Crippen MR) is 143 cm³/mol. The third-order valence-electron chi connectivity index (χ3n) is 6.68. The molecule has 1 fully saturated rings. The number of amides is 2. The van der Waals surface area contributed by atoms with Crippen LogP contribution in [-0.4, -0.2) is 36.9 Å². The average Bonchev–Trinajstić information content (AvgIpc) is 3.67. The number of hydrogen-bond acceptors (Lipinski definition) is 5. The summed E-state index contributed by atoms with van der Waals surface area (Å²) in [7, 11) is 1.87. The quantitative estimate of drug-likeness (QED) is 0.359. The zero-order chi connectivity index (χ0) is 26.1. The lowest BCUT2D eigenvalue weighted by Gasteiger charge is -2.36. The molecule has 3 N–H and O–H groups in total. The van der Waals surface area contributed by atoms with Crippen molar-refractivity contribution in [1.29, 1.82) is 0 Å². The largest absolute Gasteiger partial charge is 0.350 e. The van der Waals surface area contributed by atoms with Crippen LogP contribution in [0, 0.1) is 11.8 Å². The maximum Gasteiger partial charge on any atom is 0.339 e. The normalized spacial score (nSPS) is 16.8. The number of pyridine rings is 1. The van der Waals surface area contributed by atoms with E-state index in [0.717, 1.165) is 39.4 Å². The molecule has 9 nitrogen and oxygen atoms in total. The van der Waals surface area contributed by atoms with Crippen molar-refractivity contribution < 1.29 is 9.63 Å². The number of imidazole rings is 1. The molecule has 1 unspecified atom stereocenters. The Morgan fingerprint density at radius 1 is 1.05 bits per heavy atom. The van der Waals surface area contributed by atoms with Gasteiger partial charge < -0.3 is 11.1 Å². The number of aryl methyl sites for hydroxylation is 1. The Bertz CT molecular complexity index is 1700. The molecular formula is C29H25N7O2. The molecule has 3 aromatic heterocycles. The molecular weight excluding hydrogens is 478 g/mol. The van der Waals surface area contributed by atoms with E-state index in [4.69, 9.17) is 10.6 Å². The molecule has 1 atom stereocenters. The van der Waals surface area contributed by atoms with E-state index in [0.29, 0.717) is 13.0 Å². The SMILES string of the molecule is Cn1cc(Nc2cccn3c(C#Cc4cccc(C5(c6ccccc6)CCON5C(N)=O)c4)cnc23)cn1. The number of nitrogens with one attached hydrogen (secondary N) is 1. The number of hydroxylamine groups is 2. The van der Waals surface area contributed by atoms with Gasteiger partial charge in [0.15, 0.2) is 5.65 Å². The standard InChI is InChI=1S/C29H25N7O2/c1-34-20-24(18-32-34)33-26-11-6-15-35-25(19-31-27(26)35)13-12-21-7-5-10-23(17-21)29(22-8-3-2-4-9-22)14-16-38-36(29)28(30)37/h2-11,15,17-20,33H,14,16H2,1H3,(H2,30,37). The van der Waals surface area contributed by atoms with Gasteiger partial charge in [0.2, 0.25) is 0 Å². The third kappa shape index (κ3) is 4.03. The van der Waals surface area contributed by atoms with E-state index in [1.807, 2.05) is 90.6 Å². The zero-order valence-electron chi connectivity index (χ0n) is 20.7. The van der Waals surface area contributed by atoms with E-state index < -0.39 is 11.6 Å². The number of carbonyl (C=O) groups excluding carboxylic acids is 1. The van der Waals surface area contributed by atoms with Gasteiger partial charge in [0.1, 0.15) is 11.2 Å². The van der Waals surface area contributed by atoms with Crippen molar-refractivity contribution in [2.75, 3.05) is 11.9 Å². The van der Waals surface area contributed by atoms with Gasteiger partial charge in [-0.1, -0.05) is 48.4 Å². The van der Waals surface area contributed by atoms with Crippen molar-refractivity contribution in [3.8, 4) is 11.8 Å². The van der Waals surface area contributed by atoms with Crippen LogP contribution in [0.1, 0.15) is 28.8 Å². The molecule has 4 heterocycles. The molecule has 1 aliphatic heterocycles. The molecule has 0 saturated carbocycles. The Hall–Kier alpha value is -5.07. The Balaban J connectivity index is 1.36. The molecule has 0 spiro atoms. The van der Waals surface area contributed by atoms with E-state index in [2.05, 4.69) is 27.2 Å². The fraction of sp³-hybridized carbons (Fsp3) is 0.138. The van der Waals surface area contributed by atoms with Crippen LogP contribution < -0.4 is 11.1 Å². The fourth-order valence-corrected chi connectivity index (χ4v) is 4.98. The second-order valence-electron chi connectivity index (χ2n) is 9.06. The van der Waals surface area contributed by atoms with Crippen molar-refractivity contribution in [3.05, 3.63) is 114 Å². The first-order valence-corrected chi connectivity index (χ1v) is 12.2. The summed E-state index contributed by atoms with van der Waals surface area (Å²) in [4.78, 5) is 22.7. The molecule has 0 bridgehead atoms. The van der Waals surface area contributed by atoms with Gasteiger partial charge in [0.25, 0.3) is 0 Å². The summed E-state index contributed by atoms with van der Waals surface area (Å²) in [5, 5.41) is 8.85. The minimum absolute atomic E-state index is 0.380. The van der Waals surface area contributed by atoms with Gasteiger partial charge in [-0.25, -0.2) is 9.78 Å². The number of fused-ring (bicyclic) bond motifs is 1. The van der Waals surface area contributed by atoms with Gasteiger partial charge in [-0.15, -0.1) is 0 Å². The Kier molecular flexibility index (Phi) is 5.79. The lowest BCUT2D eigenvalue weighted by molar-refractivity contribution is -0.107. The van der Waals surface area contributed by atoms with Crippen LogP contribution in [0.4, 0.5) is 16.2 Å². The number of carbonyl (C=O) groups is 1. The lowest BCUT2D eigenvalue weighted by Crippen LogP contribution is -2.47. The highest BCUT2D eigenvalue weighted by atomic mass is 16.7. The van der Waals surface area contributed by atoms with E-state index in [-0.39, 0.29) is 0 Å². The number of anilines is 2. The van der Waals surface area contributed by atoms with Gasteiger partial charge in [0, 0.05) is 31.4 Å². The fourth-order valence-electron chi connectivity index (χ4n) is 4.98. The number of nitrogens with zero attached hydrogens (tertiary/aromatic N) is 5. The minimum atomic E-state index is -0.832. The Labute approximate surface area is 219 Å². The molecule has 0 radical (unpaired) electrons. The third-order valence-corrected chi connectivity index (χ3v) is 6.68. The molecule has 188 valence electrons. The van der Waals surface area contributed by atoms with Gasteiger partial charge in [-0.2, -0.15) is 10.2 Å². The van der Waals surface area contributed by atoms with Crippen molar-refractivity contribution in [2.24, 2.45) is 12.8 Å². The van der Waals surface area contributed by atoms with Gasteiger partial charge in [-0.05, 0) is 41.3 Å². The number of rotatable bonds is 4. The maximum absolute atomic E-state index is 12.4.